The molecule has 198 valence electrons. The summed E-state index contributed by atoms with van der Waals surface area (Å²) in [5.74, 6) is -2.63. The maximum atomic E-state index is 13.6. The number of carbonyl (C=O) groups is 3. The van der Waals surface area contributed by atoms with E-state index in [1.807, 2.05) is 44.2 Å². The fourth-order valence-electron chi connectivity index (χ4n) is 4.68. The van der Waals surface area contributed by atoms with E-state index in [0.717, 1.165) is 16.6 Å². The predicted octanol–water partition coefficient (Wildman–Crippen LogP) is 3.57. The number of furan rings is 1. The van der Waals surface area contributed by atoms with Gasteiger partial charge in [-0.15, -0.1) is 0 Å². The number of benzene rings is 1. The summed E-state index contributed by atoms with van der Waals surface area (Å²) in [6, 6.07) is 9.74. The second-order valence-corrected chi connectivity index (χ2v) is 8.80. The van der Waals surface area contributed by atoms with Crippen molar-refractivity contribution in [2.24, 2.45) is 5.73 Å². The molecule has 0 aliphatic carbocycles. The van der Waals surface area contributed by atoms with Crippen molar-refractivity contribution in [2.45, 2.75) is 47.1 Å². The number of hydrogen-bond acceptors (Lipinski definition) is 7. The molecular formula is C27H29N5O6. The topological polar surface area (TPSA) is 151 Å². The fourth-order valence-corrected chi connectivity index (χ4v) is 4.68. The van der Waals surface area contributed by atoms with Crippen LogP contribution < -0.4 is 16.6 Å². The lowest BCUT2D eigenvalue weighted by atomic mass is 10.1. The minimum atomic E-state index is -1.01. The average molecular weight is 520 g/mol. The van der Waals surface area contributed by atoms with Gasteiger partial charge in [-0.1, -0.05) is 25.1 Å². The smallest absolute Gasteiger partial charge is 0.342 e. The summed E-state index contributed by atoms with van der Waals surface area (Å²) >= 11 is 0. The van der Waals surface area contributed by atoms with Gasteiger partial charge in [0.05, 0.1) is 18.0 Å². The molecule has 1 atom stereocenters. The van der Waals surface area contributed by atoms with Crippen LogP contribution in [0.25, 0.3) is 16.7 Å². The first-order valence-corrected chi connectivity index (χ1v) is 12.2. The van der Waals surface area contributed by atoms with E-state index in [0.29, 0.717) is 11.3 Å². The van der Waals surface area contributed by atoms with Gasteiger partial charge in [-0.05, 0) is 51.8 Å². The van der Waals surface area contributed by atoms with E-state index in [1.54, 1.807) is 18.5 Å². The highest BCUT2D eigenvalue weighted by molar-refractivity contribution is 6.11. The van der Waals surface area contributed by atoms with Crippen LogP contribution >= 0.6 is 0 Å². The number of rotatable bonds is 8. The van der Waals surface area contributed by atoms with Crippen molar-refractivity contribution in [2.75, 3.05) is 11.9 Å². The van der Waals surface area contributed by atoms with Crippen LogP contribution in [-0.2, 0) is 9.53 Å². The zero-order valence-corrected chi connectivity index (χ0v) is 21.8. The number of fused-ring (bicyclic) bond motifs is 1. The first-order chi connectivity index (χ1) is 18.1. The Balaban J connectivity index is 1.86. The number of ether oxygens (including phenoxy) is 1. The molecule has 0 saturated carbocycles. The van der Waals surface area contributed by atoms with Gasteiger partial charge in [0, 0.05) is 11.5 Å². The third kappa shape index (κ3) is 4.47. The van der Waals surface area contributed by atoms with E-state index in [2.05, 4.69) is 10.4 Å². The number of anilines is 1. The molecule has 0 saturated heterocycles. The summed E-state index contributed by atoms with van der Waals surface area (Å²) in [4.78, 5) is 51.7. The predicted molar refractivity (Wildman–Crippen MR) is 141 cm³/mol. The van der Waals surface area contributed by atoms with Gasteiger partial charge in [-0.25, -0.2) is 9.48 Å². The Hall–Kier alpha value is -4.67. The number of amides is 2. The Morgan fingerprint density at radius 2 is 1.79 bits per heavy atom. The molecule has 3 heterocycles. The third-order valence-electron chi connectivity index (χ3n) is 6.28. The summed E-state index contributed by atoms with van der Waals surface area (Å²) < 4.78 is 13.6. The first kappa shape index (κ1) is 26.4. The van der Waals surface area contributed by atoms with Gasteiger partial charge in [-0.2, -0.15) is 5.10 Å². The molecule has 38 heavy (non-hydrogen) atoms. The maximum absolute atomic E-state index is 13.6. The molecule has 1 aromatic carbocycles. The monoisotopic (exact) mass is 519 g/mol. The van der Waals surface area contributed by atoms with Crippen molar-refractivity contribution in [3.05, 3.63) is 74.9 Å². The number of aromatic nitrogens is 3. The van der Waals surface area contributed by atoms with Crippen molar-refractivity contribution in [1.82, 2.24) is 14.3 Å². The van der Waals surface area contributed by atoms with Gasteiger partial charge in [0.1, 0.15) is 28.6 Å². The average Bonchev–Trinajstić information content (AvgIpc) is 3.38. The van der Waals surface area contributed by atoms with E-state index in [9.17, 15) is 19.2 Å². The van der Waals surface area contributed by atoms with Crippen LogP contribution in [-0.4, -0.2) is 38.7 Å². The lowest BCUT2D eigenvalue weighted by molar-refractivity contribution is -0.119. The van der Waals surface area contributed by atoms with Gasteiger partial charge >= 0.3 is 5.97 Å². The molecule has 0 aliphatic rings. The van der Waals surface area contributed by atoms with Crippen LogP contribution in [0.1, 0.15) is 64.0 Å². The zero-order chi connectivity index (χ0) is 27.7. The Bertz CT molecular complexity index is 1610. The molecule has 4 rings (SSSR count). The molecule has 11 nitrogen and oxygen atoms in total. The number of para-hydroxylation sites is 1. The van der Waals surface area contributed by atoms with Crippen molar-refractivity contribution in [3.8, 4) is 5.69 Å². The molecule has 3 aromatic heterocycles. The summed E-state index contributed by atoms with van der Waals surface area (Å²) in [6.07, 6.45) is 0.221. The Kier molecular flexibility index (Phi) is 7.20. The molecule has 0 fully saturated rings. The zero-order valence-electron chi connectivity index (χ0n) is 21.8. The molecule has 0 radical (unpaired) electrons. The molecule has 0 bridgehead atoms. The Morgan fingerprint density at radius 1 is 1.11 bits per heavy atom. The molecule has 0 spiro atoms. The van der Waals surface area contributed by atoms with Crippen LogP contribution in [0.4, 0.5) is 5.88 Å². The van der Waals surface area contributed by atoms with E-state index >= 15 is 0 Å². The molecule has 2 amide bonds. The van der Waals surface area contributed by atoms with Gasteiger partial charge in [0.25, 0.3) is 11.5 Å². The van der Waals surface area contributed by atoms with Crippen molar-refractivity contribution in [3.63, 3.8) is 0 Å². The second-order valence-electron chi connectivity index (χ2n) is 8.80. The lowest BCUT2D eigenvalue weighted by Crippen LogP contribution is -2.34. The summed E-state index contributed by atoms with van der Waals surface area (Å²) in [5.41, 5.74) is 7.29. The van der Waals surface area contributed by atoms with E-state index < -0.39 is 29.4 Å². The highest BCUT2D eigenvalue weighted by Crippen LogP contribution is 2.30. The SMILES string of the molecule is CCOC(=O)c1c(C)oc(NC(=O)C(CC)n2c(=O)cc(C)c3c(C)nn(-c4ccccc4)c32)c1C(N)=O. The molecule has 3 N–H and O–H groups in total. The number of esters is 1. The molecule has 4 aromatic rings. The Morgan fingerprint density at radius 3 is 2.39 bits per heavy atom. The van der Waals surface area contributed by atoms with Gasteiger partial charge < -0.3 is 14.9 Å². The second kappa shape index (κ2) is 10.4. The van der Waals surface area contributed by atoms with E-state index in [-0.39, 0.29) is 35.8 Å². The number of pyridine rings is 1. The minimum absolute atomic E-state index is 0.0632. The number of nitrogens with one attached hydrogen (secondary N) is 1. The number of nitrogens with zero attached hydrogens (tertiary/aromatic N) is 3. The molecule has 1 unspecified atom stereocenters. The van der Waals surface area contributed by atoms with Gasteiger partial charge in [0.15, 0.2) is 0 Å². The van der Waals surface area contributed by atoms with Crippen LogP contribution in [0.2, 0.25) is 0 Å². The first-order valence-electron chi connectivity index (χ1n) is 12.2. The molecular weight excluding hydrogens is 490 g/mol. The summed E-state index contributed by atoms with van der Waals surface area (Å²) in [5, 5.41) is 7.98. The quantitative estimate of drug-likeness (QED) is 0.338. The number of primary amides is 1. The summed E-state index contributed by atoms with van der Waals surface area (Å²) in [6.45, 7) is 8.56. The summed E-state index contributed by atoms with van der Waals surface area (Å²) in [7, 11) is 0. The van der Waals surface area contributed by atoms with E-state index in [4.69, 9.17) is 14.9 Å². The Labute approximate surface area is 218 Å². The standard InChI is InChI=1S/C27H29N5O6/c1-6-18(24(35)29-25-22(23(28)34)21(16(5)38-25)27(36)37-7-2)31-19(33)13-14(3)20-15(4)30-32(26(20)31)17-11-9-8-10-12-17/h8-13,18H,6-7H2,1-5H3,(H2,28,34)(H,29,35). The number of aryl methyl sites for hydroxylation is 3. The molecule has 0 aliphatic heterocycles. The van der Waals surface area contributed by atoms with Crippen LogP contribution in [0.15, 0.2) is 45.6 Å². The van der Waals surface area contributed by atoms with Crippen LogP contribution in [0.3, 0.4) is 0 Å². The number of carbonyl (C=O) groups excluding carboxylic acids is 3. The highest BCUT2D eigenvalue weighted by Gasteiger charge is 2.32. The lowest BCUT2D eigenvalue weighted by Gasteiger charge is -2.20. The fraction of sp³-hybridized carbons (Fsp3) is 0.296. The third-order valence-corrected chi connectivity index (χ3v) is 6.28. The maximum Gasteiger partial charge on any atom is 0.342 e. The minimum Gasteiger partial charge on any atom is -0.462 e. The highest BCUT2D eigenvalue weighted by atomic mass is 16.5. The number of hydrogen-bond donors (Lipinski definition) is 2. The van der Waals surface area contributed by atoms with Gasteiger partial charge in [0.2, 0.25) is 11.8 Å². The van der Waals surface area contributed by atoms with Crippen molar-refractivity contribution < 1.29 is 23.5 Å². The van der Waals surface area contributed by atoms with Gasteiger partial charge in [-0.3, -0.25) is 24.3 Å². The molecule has 11 heteroatoms. The normalized spacial score (nSPS) is 11.9. The number of nitrogens with two attached hydrogens (primary N) is 1. The van der Waals surface area contributed by atoms with Crippen molar-refractivity contribution >= 4 is 34.7 Å². The van der Waals surface area contributed by atoms with Crippen LogP contribution in [0, 0.1) is 20.8 Å². The van der Waals surface area contributed by atoms with E-state index in [1.165, 1.54) is 17.6 Å². The van der Waals surface area contributed by atoms with Crippen LogP contribution in [0.5, 0.6) is 0 Å². The largest absolute Gasteiger partial charge is 0.462 e. The van der Waals surface area contributed by atoms with Crippen molar-refractivity contribution in [1.29, 1.82) is 0 Å².